The van der Waals surface area contributed by atoms with Crippen molar-refractivity contribution in [2.75, 3.05) is 6.54 Å². The van der Waals surface area contributed by atoms with Gasteiger partial charge in [-0.3, -0.25) is 4.98 Å². The zero-order chi connectivity index (χ0) is 23.3. The Hall–Kier alpha value is -4.10. The Morgan fingerprint density at radius 2 is 1.79 bits per heavy atom. The molecule has 0 atom stereocenters. The fourth-order valence-corrected chi connectivity index (χ4v) is 3.79. The van der Waals surface area contributed by atoms with E-state index in [-0.39, 0.29) is 0 Å². The maximum absolute atomic E-state index is 5.40. The number of pyridine rings is 1. The molecule has 34 heavy (non-hydrogen) atoms. The van der Waals surface area contributed by atoms with Gasteiger partial charge in [-0.2, -0.15) is 10.1 Å². The molecule has 0 saturated carbocycles. The molecule has 0 spiro atoms. The molecule has 2 aromatic carbocycles. The van der Waals surface area contributed by atoms with Gasteiger partial charge in [0.15, 0.2) is 0 Å². The van der Waals surface area contributed by atoms with E-state index in [9.17, 15) is 0 Å². The fourth-order valence-electron chi connectivity index (χ4n) is 3.79. The first kappa shape index (κ1) is 21.7. The highest BCUT2D eigenvalue weighted by atomic mass is 16.5. The largest absolute Gasteiger partial charge is 0.339 e. The number of rotatable bonds is 8. The third-order valence-corrected chi connectivity index (χ3v) is 5.60. The number of benzene rings is 2. The summed E-state index contributed by atoms with van der Waals surface area (Å²) >= 11 is 0. The molecule has 7 heteroatoms. The maximum Gasteiger partial charge on any atom is 0.228 e. The lowest BCUT2D eigenvalue weighted by Gasteiger charge is -2.05. The van der Waals surface area contributed by atoms with E-state index in [1.807, 2.05) is 16.8 Å². The molecule has 0 aliphatic carbocycles. The molecule has 0 fully saturated rings. The highest BCUT2D eigenvalue weighted by Crippen LogP contribution is 2.25. The van der Waals surface area contributed by atoms with Crippen molar-refractivity contribution in [2.45, 2.75) is 26.8 Å². The zero-order valence-corrected chi connectivity index (χ0v) is 19.3. The smallest absolute Gasteiger partial charge is 0.228 e. The van der Waals surface area contributed by atoms with Gasteiger partial charge in [-0.15, -0.1) is 0 Å². The van der Waals surface area contributed by atoms with Crippen LogP contribution in [0.2, 0.25) is 0 Å². The average molecular weight is 451 g/mol. The van der Waals surface area contributed by atoms with Gasteiger partial charge in [0, 0.05) is 54.8 Å². The van der Waals surface area contributed by atoms with Crippen molar-refractivity contribution in [2.24, 2.45) is 0 Å². The van der Waals surface area contributed by atoms with Crippen LogP contribution in [-0.2, 0) is 13.0 Å². The van der Waals surface area contributed by atoms with Gasteiger partial charge in [0.2, 0.25) is 11.7 Å². The van der Waals surface area contributed by atoms with E-state index < -0.39 is 0 Å². The summed E-state index contributed by atoms with van der Waals surface area (Å²) in [5, 5.41) is 12.5. The number of aryl methyl sites for hydroxylation is 2. The van der Waals surface area contributed by atoms with Crippen molar-refractivity contribution in [1.29, 1.82) is 0 Å². The standard InChI is InChI=1S/C27H26N6O/c1-19-8-10-24(11-9-19)33-18-23(26(31-33)21-6-3-5-20(2)15-21)17-29-14-12-25-30-27(32-34-25)22-7-4-13-28-16-22/h3-11,13,15-16,18,29H,12,14,17H2,1-2H3. The Bertz CT molecular complexity index is 1370. The van der Waals surface area contributed by atoms with Crippen LogP contribution in [0.25, 0.3) is 28.3 Å². The molecule has 3 heterocycles. The summed E-state index contributed by atoms with van der Waals surface area (Å²) < 4.78 is 7.35. The van der Waals surface area contributed by atoms with Crippen molar-refractivity contribution in [3.05, 3.63) is 102 Å². The maximum atomic E-state index is 5.40. The molecule has 7 nitrogen and oxygen atoms in total. The van der Waals surface area contributed by atoms with Crippen molar-refractivity contribution in [3.63, 3.8) is 0 Å². The van der Waals surface area contributed by atoms with Gasteiger partial charge in [-0.1, -0.05) is 46.6 Å². The lowest BCUT2D eigenvalue weighted by molar-refractivity contribution is 0.376. The van der Waals surface area contributed by atoms with Crippen molar-refractivity contribution in [3.8, 4) is 28.3 Å². The Morgan fingerprint density at radius 3 is 2.59 bits per heavy atom. The van der Waals surface area contributed by atoms with Gasteiger partial charge in [0.25, 0.3) is 0 Å². The van der Waals surface area contributed by atoms with Crippen LogP contribution in [0.15, 0.2) is 83.8 Å². The van der Waals surface area contributed by atoms with Crippen LogP contribution < -0.4 is 5.32 Å². The molecular formula is C27H26N6O. The van der Waals surface area contributed by atoms with Crippen LogP contribution in [0.3, 0.4) is 0 Å². The fraction of sp³-hybridized carbons (Fsp3) is 0.185. The molecular weight excluding hydrogens is 424 g/mol. The predicted molar refractivity (Wildman–Crippen MR) is 131 cm³/mol. The van der Waals surface area contributed by atoms with Gasteiger partial charge in [-0.05, 0) is 44.2 Å². The van der Waals surface area contributed by atoms with E-state index in [0.717, 1.165) is 28.1 Å². The van der Waals surface area contributed by atoms with Crippen LogP contribution in [0.4, 0.5) is 0 Å². The Morgan fingerprint density at radius 1 is 0.941 bits per heavy atom. The summed E-state index contributed by atoms with van der Waals surface area (Å²) in [6.45, 7) is 5.57. The van der Waals surface area contributed by atoms with Crippen LogP contribution in [0.5, 0.6) is 0 Å². The minimum atomic E-state index is 0.559. The summed E-state index contributed by atoms with van der Waals surface area (Å²) in [7, 11) is 0. The number of hydrogen-bond acceptors (Lipinski definition) is 6. The zero-order valence-electron chi connectivity index (χ0n) is 19.3. The number of nitrogens with one attached hydrogen (secondary N) is 1. The van der Waals surface area contributed by atoms with E-state index in [0.29, 0.717) is 31.2 Å². The highest BCUT2D eigenvalue weighted by molar-refractivity contribution is 5.64. The van der Waals surface area contributed by atoms with Gasteiger partial charge < -0.3 is 9.84 Å². The molecule has 0 bridgehead atoms. The van der Waals surface area contributed by atoms with Gasteiger partial charge in [0.1, 0.15) is 0 Å². The molecule has 5 rings (SSSR count). The first-order valence-corrected chi connectivity index (χ1v) is 11.3. The SMILES string of the molecule is Cc1ccc(-n2cc(CNCCc3nc(-c4cccnc4)no3)c(-c3cccc(C)c3)n2)cc1. The number of nitrogens with zero attached hydrogens (tertiary/aromatic N) is 5. The number of aromatic nitrogens is 5. The molecule has 5 aromatic rings. The number of hydrogen-bond donors (Lipinski definition) is 1. The van der Waals surface area contributed by atoms with Crippen LogP contribution in [-0.4, -0.2) is 31.4 Å². The first-order chi connectivity index (χ1) is 16.7. The van der Waals surface area contributed by atoms with Gasteiger partial charge in [0.05, 0.1) is 11.4 Å². The van der Waals surface area contributed by atoms with Crippen molar-refractivity contribution >= 4 is 0 Å². The molecule has 0 unspecified atom stereocenters. The second-order valence-electron chi connectivity index (χ2n) is 8.33. The van der Waals surface area contributed by atoms with Gasteiger partial charge >= 0.3 is 0 Å². The average Bonchev–Trinajstić information content (AvgIpc) is 3.51. The van der Waals surface area contributed by atoms with Crippen LogP contribution in [0, 0.1) is 13.8 Å². The van der Waals surface area contributed by atoms with E-state index >= 15 is 0 Å². The molecule has 170 valence electrons. The summed E-state index contributed by atoms with van der Waals surface area (Å²) in [6.07, 6.45) is 6.19. The molecule has 0 aliphatic rings. The van der Waals surface area contributed by atoms with Crippen LogP contribution >= 0.6 is 0 Å². The Kier molecular flexibility index (Phi) is 6.27. The molecule has 0 radical (unpaired) electrons. The third-order valence-electron chi connectivity index (χ3n) is 5.60. The quantitative estimate of drug-likeness (QED) is 0.338. The van der Waals surface area contributed by atoms with E-state index in [2.05, 4.69) is 89.0 Å². The summed E-state index contributed by atoms with van der Waals surface area (Å²) in [6, 6.07) is 20.6. The lowest BCUT2D eigenvalue weighted by Crippen LogP contribution is -2.17. The highest BCUT2D eigenvalue weighted by Gasteiger charge is 2.13. The van der Waals surface area contributed by atoms with E-state index in [1.165, 1.54) is 11.1 Å². The summed E-state index contributed by atoms with van der Waals surface area (Å²) in [4.78, 5) is 8.58. The summed E-state index contributed by atoms with van der Waals surface area (Å²) in [5.41, 5.74) is 7.55. The molecule has 3 aromatic heterocycles. The molecule has 0 aliphatic heterocycles. The second-order valence-corrected chi connectivity index (χ2v) is 8.33. The van der Waals surface area contributed by atoms with E-state index in [1.54, 1.807) is 12.4 Å². The molecule has 0 saturated heterocycles. The Labute approximate surface area is 198 Å². The predicted octanol–water partition coefficient (Wildman–Crippen LogP) is 4.93. The first-order valence-electron chi connectivity index (χ1n) is 11.3. The topological polar surface area (TPSA) is 81.7 Å². The third kappa shape index (κ3) is 4.94. The minimum absolute atomic E-state index is 0.559. The second kappa shape index (κ2) is 9.80. The molecule has 0 amide bonds. The minimum Gasteiger partial charge on any atom is -0.339 e. The van der Waals surface area contributed by atoms with E-state index in [4.69, 9.17) is 9.62 Å². The van der Waals surface area contributed by atoms with Crippen LogP contribution in [0.1, 0.15) is 22.6 Å². The van der Waals surface area contributed by atoms with Gasteiger partial charge in [-0.25, -0.2) is 4.68 Å². The summed E-state index contributed by atoms with van der Waals surface area (Å²) in [5.74, 6) is 1.16. The van der Waals surface area contributed by atoms with Crippen molar-refractivity contribution < 1.29 is 4.52 Å². The van der Waals surface area contributed by atoms with Crippen molar-refractivity contribution in [1.82, 2.24) is 30.2 Å². The monoisotopic (exact) mass is 450 g/mol. The Balaban J connectivity index is 1.30. The normalized spacial score (nSPS) is 11.1. The molecule has 1 N–H and O–H groups in total. The lowest BCUT2D eigenvalue weighted by atomic mass is 10.1.